The average Bonchev–Trinajstić information content (AvgIpc) is 2.90. The van der Waals surface area contributed by atoms with Crippen LogP contribution in [0, 0.1) is 18.8 Å². The number of piperidine rings is 1. The van der Waals surface area contributed by atoms with Crippen molar-refractivity contribution < 1.29 is 14.1 Å². The normalized spacial score (nSPS) is 25.0. The molecule has 3 atom stereocenters. The van der Waals surface area contributed by atoms with Crippen molar-refractivity contribution in [2.24, 2.45) is 11.8 Å². The van der Waals surface area contributed by atoms with Crippen LogP contribution in [0.25, 0.3) is 11.1 Å². The molecule has 1 aliphatic heterocycles. The molecule has 1 amide bonds. The molecule has 0 N–H and O–H groups in total. The minimum Gasteiger partial charge on any atom is -0.444 e. The molecule has 1 saturated heterocycles. The summed E-state index contributed by atoms with van der Waals surface area (Å²) in [5, 5.41) is 4.36. The van der Waals surface area contributed by atoms with Crippen molar-refractivity contribution in [2.45, 2.75) is 39.2 Å². The summed E-state index contributed by atoms with van der Waals surface area (Å²) in [6.45, 7) is 9.14. The third-order valence-corrected chi connectivity index (χ3v) is 5.11. The topological polar surface area (TPSA) is 55.6 Å². The van der Waals surface area contributed by atoms with E-state index in [2.05, 4.69) is 17.3 Å². The number of aromatic nitrogens is 1. The first-order valence-electron chi connectivity index (χ1n) is 8.84. The Kier molecular flexibility index (Phi) is 3.63. The predicted octanol–water partition coefficient (Wildman–Crippen LogP) is 4.23. The number of amides is 1. The Morgan fingerprint density at radius 1 is 1.20 bits per heavy atom. The van der Waals surface area contributed by atoms with E-state index >= 15 is 0 Å². The second-order valence-electron chi connectivity index (χ2n) is 8.10. The van der Waals surface area contributed by atoms with Gasteiger partial charge >= 0.3 is 6.09 Å². The van der Waals surface area contributed by atoms with Gasteiger partial charge in [0, 0.05) is 24.6 Å². The summed E-state index contributed by atoms with van der Waals surface area (Å²) in [5.74, 6) is 2.15. The van der Waals surface area contributed by atoms with Crippen molar-refractivity contribution in [3.8, 4) is 11.1 Å². The van der Waals surface area contributed by atoms with E-state index in [9.17, 15) is 4.79 Å². The number of ether oxygens (including phenoxy) is 1. The van der Waals surface area contributed by atoms with Gasteiger partial charge in [-0.3, -0.25) is 0 Å². The zero-order valence-electron chi connectivity index (χ0n) is 15.2. The Balaban J connectivity index is 1.49. The van der Waals surface area contributed by atoms with Crippen LogP contribution in [0.3, 0.4) is 0 Å². The summed E-state index contributed by atoms with van der Waals surface area (Å²) >= 11 is 0. The highest BCUT2D eigenvalue weighted by molar-refractivity contribution is 5.71. The molecular formula is C20H24N2O3. The van der Waals surface area contributed by atoms with E-state index in [1.54, 1.807) is 0 Å². The summed E-state index contributed by atoms with van der Waals surface area (Å²) < 4.78 is 11.0. The van der Waals surface area contributed by atoms with Crippen LogP contribution in [0.2, 0.25) is 0 Å². The minimum atomic E-state index is -0.451. The van der Waals surface area contributed by atoms with Gasteiger partial charge in [0.15, 0.2) is 0 Å². The fraction of sp³-hybridized carbons (Fsp3) is 0.500. The monoisotopic (exact) mass is 340 g/mol. The first-order chi connectivity index (χ1) is 11.8. The van der Waals surface area contributed by atoms with E-state index in [1.807, 2.05) is 50.8 Å². The minimum absolute atomic E-state index is 0.210. The lowest BCUT2D eigenvalue weighted by atomic mass is 10.00. The molecule has 2 heterocycles. The zero-order chi connectivity index (χ0) is 17.8. The maximum absolute atomic E-state index is 12.2. The molecule has 0 radical (unpaired) electrons. The molecule has 2 aromatic rings. The lowest BCUT2D eigenvalue weighted by molar-refractivity contribution is 0.0270. The molecule has 2 aliphatic rings. The standard InChI is InChI=1S/C20H24N2O3/c1-12-16(13-8-6-5-7-9-13)18(21-25-12)17-14-10-22(11-15(14)17)19(23)24-20(2,3)4/h5-9,14-15,17H,10-11H2,1-4H3/t14-,15+,17?. The van der Waals surface area contributed by atoms with Crippen LogP contribution in [-0.4, -0.2) is 34.8 Å². The molecule has 0 bridgehead atoms. The van der Waals surface area contributed by atoms with E-state index in [0.29, 0.717) is 17.8 Å². The molecule has 2 fully saturated rings. The van der Waals surface area contributed by atoms with E-state index in [1.165, 1.54) is 0 Å². The number of hydrogen-bond donors (Lipinski definition) is 0. The Morgan fingerprint density at radius 3 is 2.44 bits per heavy atom. The number of carbonyl (C=O) groups excluding carboxylic acids is 1. The SMILES string of the molecule is Cc1onc(C2[C@H]3CN(C(=O)OC(C)(C)C)C[C@@H]23)c1-c1ccccc1. The first kappa shape index (κ1) is 16.2. The van der Waals surface area contributed by atoms with Gasteiger partial charge in [-0.05, 0) is 45.1 Å². The lowest BCUT2D eigenvalue weighted by Crippen LogP contribution is -2.36. The van der Waals surface area contributed by atoms with Crippen molar-refractivity contribution in [1.29, 1.82) is 0 Å². The summed E-state index contributed by atoms with van der Waals surface area (Å²) in [4.78, 5) is 14.1. The van der Waals surface area contributed by atoms with Crippen LogP contribution >= 0.6 is 0 Å². The number of hydrogen-bond acceptors (Lipinski definition) is 4. The van der Waals surface area contributed by atoms with Crippen molar-refractivity contribution in [1.82, 2.24) is 10.1 Å². The van der Waals surface area contributed by atoms with E-state index in [4.69, 9.17) is 9.26 Å². The summed E-state index contributed by atoms with van der Waals surface area (Å²) in [6.07, 6.45) is -0.210. The molecule has 1 aromatic carbocycles. The van der Waals surface area contributed by atoms with Crippen LogP contribution in [0.5, 0.6) is 0 Å². The fourth-order valence-electron chi connectivity index (χ4n) is 3.98. The maximum atomic E-state index is 12.2. The van der Waals surface area contributed by atoms with Gasteiger partial charge in [0.25, 0.3) is 0 Å². The molecule has 4 rings (SSSR count). The van der Waals surface area contributed by atoms with Crippen LogP contribution in [0.15, 0.2) is 34.9 Å². The number of aryl methyl sites for hydroxylation is 1. The predicted molar refractivity (Wildman–Crippen MR) is 94.2 cm³/mol. The quantitative estimate of drug-likeness (QED) is 0.821. The number of likely N-dealkylation sites (tertiary alicyclic amines) is 1. The number of nitrogens with zero attached hydrogens (tertiary/aromatic N) is 2. The molecule has 5 nitrogen and oxygen atoms in total. The smallest absolute Gasteiger partial charge is 0.410 e. The van der Waals surface area contributed by atoms with Crippen molar-refractivity contribution in [3.63, 3.8) is 0 Å². The maximum Gasteiger partial charge on any atom is 0.410 e. The number of benzene rings is 1. The average molecular weight is 340 g/mol. The Hall–Kier alpha value is -2.30. The van der Waals surface area contributed by atoms with Crippen LogP contribution < -0.4 is 0 Å². The number of carbonyl (C=O) groups is 1. The first-order valence-corrected chi connectivity index (χ1v) is 8.84. The van der Waals surface area contributed by atoms with Crippen molar-refractivity contribution in [2.75, 3.05) is 13.1 Å². The van der Waals surface area contributed by atoms with Gasteiger partial charge in [0.2, 0.25) is 0 Å². The van der Waals surface area contributed by atoms with Crippen molar-refractivity contribution in [3.05, 3.63) is 41.8 Å². The molecule has 1 aliphatic carbocycles. The van der Waals surface area contributed by atoms with Gasteiger partial charge in [-0.2, -0.15) is 0 Å². The molecule has 0 spiro atoms. The third-order valence-electron chi connectivity index (χ3n) is 5.11. The van der Waals surface area contributed by atoms with Crippen LogP contribution in [-0.2, 0) is 4.74 Å². The van der Waals surface area contributed by atoms with Gasteiger partial charge in [0.05, 0.1) is 5.69 Å². The summed E-state index contributed by atoms with van der Waals surface area (Å²) in [5.41, 5.74) is 2.85. The number of rotatable bonds is 2. The van der Waals surface area contributed by atoms with Gasteiger partial charge in [-0.25, -0.2) is 4.79 Å². The lowest BCUT2D eigenvalue weighted by Gasteiger charge is -2.25. The summed E-state index contributed by atoms with van der Waals surface area (Å²) in [7, 11) is 0. The second-order valence-corrected chi connectivity index (χ2v) is 8.10. The van der Waals surface area contributed by atoms with Gasteiger partial charge in [0.1, 0.15) is 11.4 Å². The van der Waals surface area contributed by atoms with Gasteiger partial charge < -0.3 is 14.2 Å². The van der Waals surface area contributed by atoms with Crippen LogP contribution in [0.1, 0.15) is 38.1 Å². The molecule has 1 saturated carbocycles. The largest absolute Gasteiger partial charge is 0.444 e. The summed E-state index contributed by atoms with van der Waals surface area (Å²) in [6, 6.07) is 10.3. The Bertz CT molecular complexity index is 779. The molecule has 1 aromatic heterocycles. The molecule has 1 unspecified atom stereocenters. The Labute approximate surface area is 147 Å². The fourth-order valence-corrected chi connectivity index (χ4v) is 3.98. The molecule has 25 heavy (non-hydrogen) atoms. The van der Waals surface area contributed by atoms with Crippen molar-refractivity contribution >= 4 is 6.09 Å². The highest BCUT2D eigenvalue weighted by Crippen LogP contribution is 2.59. The second kappa shape index (κ2) is 5.61. The van der Waals surface area contributed by atoms with E-state index in [-0.39, 0.29) is 6.09 Å². The molecular weight excluding hydrogens is 316 g/mol. The molecule has 132 valence electrons. The number of fused-ring (bicyclic) bond motifs is 1. The van der Waals surface area contributed by atoms with E-state index < -0.39 is 5.60 Å². The zero-order valence-corrected chi connectivity index (χ0v) is 15.2. The van der Waals surface area contributed by atoms with Crippen LogP contribution in [0.4, 0.5) is 4.79 Å². The highest BCUT2D eigenvalue weighted by atomic mass is 16.6. The van der Waals surface area contributed by atoms with E-state index in [0.717, 1.165) is 35.7 Å². The Morgan fingerprint density at radius 2 is 1.84 bits per heavy atom. The van der Waals surface area contributed by atoms with Gasteiger partial charge in [-0.1, -0.05) is 35.5 Å². The third kappa shape index (κ3) is 2.92. The highest BCUT2D eigenvalue weighted by Gasteiger charge is 2.59. The van der Waals surface area contributed by atoms with Gasteiger partial charge in [-0.15, -0.1) is 0 Å². The molecule has 5 heteroatoms.